The van der Waals surface area contributed by atoms with Crippen LogP contribution in [0.1, 0.15) is 30.0 Å². The molecule has 4 aromatic rings. The van der Waals surface area contributed by atoms with Gasteiger partial charge < -0.3 is 4.90 Å². The summed E-state index contributed by atoms with van der Waals surface area (Å²) in [5, 5.41) is 0. The number of hydrogen-bond donors (Lipinski definition) is 0. The summed E-state index contributed by atoms with van der Waals surface area (Å²) in [6.07, 6.45) is 9.71. The van der Waals surface area contributed by atoms with E-state index in [0.29, 0.717) is 41.3 Å². The number of hydrogen-bond acceptors (Lipinski definition) is 4. The van der Waals surface area contributed by atoms with Crippen LogP contribution in [0.2, 0.25) is 0 Å². The fourth-order valence-electron chi connectivity index (χ4n) is 4.51. The Kier molecular flexibility index (Phi) is 6.89. The van der Waals surface area contributed by atoms with Crippen molar-refractivity contribution in [1.82, 2.24) is 19.9 Å². The number of carbonyl (C=O) groups excluding carboxylic acids is 1. The molecular weight excluding hydrogens is 458 g/mol. The van der Waals surface area contributed by atoms with Gasteiger partial charge in [0.2, 0.25) is 5.91 Å². The smallest absolute Gasteiger partial charge is 0.246 e. The second-order valence-electron chi connectivity index (χ2n) is 8.73. The minimum absolute atomic E-state index is 0.0988. The molecule has 2 aromatic carbocycles. The lowest BCUT2D eigenvalue weighted by Gasteiger charge is -2.32. The Morgan fingerprint density at radius 1 is 1.00 bits per heavy atom. The van der Waals surface area contributed by atoms with Crippen LogP contribution in [0, 0.1) is 11.6 Å². The zero-order chi connectivity index (χ0) is 24.9. The molecule has 36 heavy (non-hydrogen) atoms. The van der Waals surface area contributed by atoms with Crippen LogP contribution in [0.15, 0.2) is 85.3 Å². The molecule has 2 aromatic heterocycles. The van der Waals surface area contributed by atoms with Crippen LogP contribution in [0.25, 0.3) is 28.6 Å². The first-order chi connectivity index (χ1) is 17.6. The average Bonchev–Trinajstić information content (AvgIpc) is 2.92. The number of benzene rings is 2. The maximum Gasteiger partial charge on any atom is 0.246 e. The Hall–Kier alpha value is -4.26. The monoisotopic (exact) mass is 482 g/mol. The molecule has 0 spiro atoms. The molecule has 1 fully saturated rings. The fourth-order valence-corrected chi connectivity index (χ4v) is 4.51. The SMILES string of the molecule is O=C(/C=C/c1cccc(F)c1)N1CCCC(c2nc(-c3cccnc3)ncc2-c2ccccc2F)C1. The zero-order valence-electron chi connectivity index (χ0n) is 19.5. The summed E-state index contributed by atoms with van der Waals surface area (Å²) in [6.45, 7) is 1.05. The molecule has 1 saturated heterocycles. The van der Waals surface area contributed by atoms with Crippen molar-refractivity contribution in [2.45, 2.75) is 18.8 Å². The van der Waals surface area contributed by atoms with Gasteiger partial charge in [-0.3, -0.25) is 9.78 Å². The van der Waals surface area contributed by atoms with Gasteiger partial charge in [0.15, 0.2) is 5.82 Å². The molecule has 0 aliphatic carbocycles. The lowest BCUT2D eigenvalue weighted by atomic mass is 9.89. The Balaban J connectivity index is 1.46. The Bertz CT molecular complexity index is 1410. The minimum atomic E-state index is -0.350. The van der Waals surface area contributed by atoms with Crippen molar-refractivity contribution in [2.75, 3.05) is 13.1 Å². The number of pyridine rings is 1. The van der Waals surface area contributed by atoms with E-state index in [0.717, 1.165) is 18.4 Å². The molecule has 5 nitrogen and oxygen atoms in total. The predicted octanol–water partition coefficient (Wildman–Crippen LogP) is 5.90. The van der Waals surface area contributed by atoms with E-state index < -0.39 is 0 Å². The topological polar surface area (TPSA) is 59.0 Å². The summed E-state index contributed by atoms with van der Waals surface area (Å²) >= 11 is 0. The summed E-state index contributed by atoms with van der Waals surface area (Å²) in [6, 6.07) is 16.4. The Morgan fingerprint density at radius 3 is 2.69 bits per heavy atom. The van der Waals surface area contributed by atoms with E-state index in [1.807, 2.05) is 12.1 Å². The zero-order valence-corrected chi connectivity index (χ0v) is 19.5. The highest BCUT2D eigenvalue weighted by Crippen LogP contribution is 2.35. The summed E-state index contributed by atoms with van der Waals surface area (Å²) in [5.41, 5.74) is 3.15. The van der Waals surface area contributed by atoms with Gasteiger partial charge in [-0.2, -0.15) is 0 Å². The lowest BCUT2D eigenvalue weighted by molar-refractivity contribution is -0.127. The summed E-state index contributed by atoms with van der Waals surface area (Å²) in [7, 11) is 0. The van der Waals surface area contributed by atoms with E-state index in [2.05, 4.69) is 9.97 Å². The number of likely N-dealkylation sites (tertiary alicyclic amines) is 1. The molecule has 180 valence electrons. The van der Waals surface area contributed by atoms with Gasteiger partial charge in [-0.15, -0.1) is 0 Å². The standard InChI is InChI=1S/C29H24F2N4O/c30-23-9-3-6-20(16-23)12-13-27(36)35-15-5-8-22(19-35)28-25(24-10-1-2-11-26(24)31)18-33-29(34-28)21-7-4-14-32-17-21/h1-4,6-7,9-14,16-18,22H,5,8,15,19H2/b13-12+. The molecule has 3 heterocycles. The van der Waals surface area contributed by atoms with Crippen LogP contribution < -0.4 is 0 Å². The largest absolute Gasteiger partial charge is 0.338 e. The van der Waals surface area contributed by atoms with Crippen molar-refractivity contribution < 1.29 is 13.6 Å². The fraction of sp³-hybridized carbons (Fsp3) is 0.172. The van der Waals surface area contributed by atoms with Crippen molar-refractivity contribution in [3.63, 3.8) is 0 Å². The van der Waals surface area contributed by atoms with Crippen molar-refractivity contribution in [3.8, 4) is 22.5 Å². The van der Waals surface area contributed by atoms with E-state index in [1.54, 1.807) is 59.9 Å². The number of halogens is 2. The lowest BCUT2D eigenvalue weighted by Crippen LogP contribution is -2.38. The highest BCUT2D eigenvalue weighted by molar-refractivity contribution is 5.92. The number of nitrogens with zero attached hydrogens (tertiary/aromatic N) is 4. The number of amides is 1. The van der Waals surface area contributed by atoms with Crippen LogP contribution in [0.3, 0.4) is 0 Å². The highest BCUT2D eigenvalue weighted by Gasteiger charge is 2.28. The van der Waals surface area contributed by atoms with E-state index in [1.165, 1.54) is 24.3 Å². The van der Waals surface area contributed by atoms with Crippen LogP contribution in [-0.4, -0.2) is 38.8 Å². The molecule has 0 N–H and O–H groups in total. The van der Waals surface area contributed by atoms with Gasteiger partial charge in [-0.25, -0.2) is 18.7 Å². The average molecular weight is 483 g/mol. The highest BCUT2D eigenvalue weighted by atomic mass is 19.1. The molecule has 1 aliphatic rings. The molecule has 1 unspecified atom stereocenters. The Morgan fingerprint density at radius 2 is 1.89 bits per heavy atom. The molecule has 1 atom stereocenters. The molecule has 7 heteroatoms. The van der Waals surface area contributed by atoms with Gasteiger partial charge in [0.1, 0.15) is 11.6 Å². The first kappa shape index (κ1) is 23.5. The first-order valence-corrected chi connectivity index (χ1v) is 11.8. The van der Waals surface area contributed by atoms with Crippen LogP contribution in [-0.2, 0) is 4.79 Å². The summed E-state index contributed by atoms with van der Waals surface area (Å²) in [5.74, 6) is -0.446. The van der Waals surface area contributed by atoms with Crippen LogP contribution >= 0.6 is 0 Å². The van der Waals surface area contributed by atoms with Gasteiger partial charge in [-0.1, -0.05) is 30.3 Å². The van der Waals surface area contributed by atoms with Gasteiger partial charge in [-0.05, 0) is 54.8 Å². The third-order valence-electron chi connectivity index (χ3n) is 6.29. The number of rotatable bonds is 5. The predicted molar refractivity (Wildman–Crippen MR) is 135 cm³/mol. The van der Waals surface area contributed by atoms with Crippen LogP contribution in [0.5, 0.6) is 0 Å². The van der Waals surface area contributed by atoms with E-state index in [4.69, 9.17) is 4.98 Å². The third kappa shape index (κ3) is 5.20. The van der Waals surface area contributed by atoms with Crippen molar-refractivity contribution in [2.24, 2.45) is 0 Å². The van der Waals surface area contributed by atoms with E-state index in [-0.39, 0.29) is 23.5 Å². The Labute approximate surface area is 208 Å². The van der Waals surface area contributed by atoms with Gasteiger partial charge >= 0.3 is 0 Å². The quantitative estimate of drug-likeness (QED) is 0.332. The van der Waals surface area contributed by atoms with E-state index in [9.17, 15) is 13.6 Å². The van der Waals surface area contributed by atoms with Gasteiger partial charge in [0, 0.05) is 60.4 Å². The maximum atomic E-state index is 14.8. The maximum absolute atomic E-state index is 14.8. The van der Waals surface area contributed by atoms with Crippen molar-refractivity contribution in [3.05, 3.63) is 108 Å². The molecule has 1 amide bonds. The number of piperidine rings is 1. The van der Waals surface area contributed by atoms with Gasteiger partial charge in [0.05, 0.1) is 5.69 Å². The normalized spacial score (nSPS) is 15.8. The minimum Gasteiger partial charge on any atom is -0.338 e. The van der Waals surface area contributed by atoms with Crippen molar-refractivity contribution >= 4 is 12.0 Å². The number of carbonyl (C=O) groups is 1. The molecule has 0 saturated carbocycles. The van der Waals surface area contributed by atoms with Crippen LogP contribution in [0.4, 0.5) is 8.78 Å². The molecule has 5 rings (SSSR count). The van der Waals surface area contributed by atoms with Crippen molar-refractivity contribution in [1.29, 1.82) is 0 Å². The molecule has 1 aliphatic heterocycles. The second kappa shape index (κ2) is 10.6. The van der Waals surface area contributed by atoms with Gasteiger partial charge in [0.25, 0.3) is 0 Å². The summed E-state index contributed by atoms with van der Waals surface area (Å²) in [4.78, 5) is 28.3. The first-order valence-electron chi connectivity index (χ1n) is 11.8. The molecular formula is C29H24F2N4O. The third-order valence-corrected chi connectivity index (χ3v) is 6.29. The second-order valence-corrected chi connectivity index (χ2v) is 8.73. The number of aromatic nitrogens is 3. The molecule has 0 bridgehead atoms. The summed E-state index contributed by atoms with van der Waals surface area (Å²) < 4.78 is 28.2. The van der Waals surface area contributed by atoms with E-state index >= 15 is 0 Å². The molecule has 0 radical (unpaired) electrons.